The molecule has 0 heterocycles. The maximum Gasteiger partial charge on any atom is 0.329 e. The van der Waals surface area contributed by atoms with Gasteiger partial charge in [-0.2, -0.15) is 0 Å². The molecule has 0 aliphatic carbocycles. The minimum absolute atomic E-state index is 0.180. The molecule has 0 spiro atoms. The molecule has 0 unspecified atom stereocenters. The summed E-state index contributed by atoms with van der Waals surface area (Å²) in [5.41, 5.74) is 0.180. The van der Waals surface area contributed by atoms with Crippen LogP contribution in [0.4, 0.5) is 0 Å². The predicted octanol–water partition coefficient (Wildman–Crippen LogP) is 1.65. The van der Waals surface area contributed by atoms with Gasteiger partial charge in [-0.3, -0.25) is 0 Å². The largest absolute Gasteiger partial charge is 0.480 e. The normalized spacial score (nSPS) is 11.7. The summed E-state index contributed by atoms with van der Waals surface area (Å²) < 4.78 is 4.92. The molecule has 0 saturated heterocycles. The first-order chi connectivity index (χ1) is 6.92. The van der Waals surface area contributed by atoms with E-state index in [2.05, 4.69) is 26.1 Å². The van der Waals surface area contributed by atoms with Crippen LogP contribution in [0.25, 0.3) is 0 Å². The Balaban J connectivity index is 3.09. The van der Waals surface area contributed by atoms with Crippen LogP contribution in [0, 0.1) is 0 Å². The molecule has 90 valence electrons. The Kier molecular flexibility index (Phi) is 7.34. The number of carboxylic acids is 1. The Labute approximate surface area is 92.0 Å². The lowest BCUT2D eigenvalue weighted by atomic mass is 10.1. The van der Waals surface area contributed by atoms with Gasteiger partial charge in [0, 0.05) is 12.1 Å². The van der Waals surface area contributed by atoms with Gasteiger partial charge in [-0.25, -0.2) is 4.79 Å². The van der Waals surface area contributed by atoms with Crippen LogP contribution >= 0.6 is 0 Å². The fourth-order valence-electron chi connectivity index (χ4n) is 1.13. The van der Waals surface area contributed by atoms with E-state index < -0.39 is 5.97 Å². The maximum atomic E-state index is 10.1. The Morgan fingerprint density at radius 3 is 2.47 bits per heavy atom. The number of carboxylic acid groups (broad SMARTS) is 1. The molecule has 0 aliphatic rings. The van der Waals surface area contributed by atoms with Crippen molar-refractivity contribution in [1.82, 2.24) is 5.32 Å². The van der Waals surface area contributed by atoms with E-state index in [9.17, 15) is 4.79 Å². The lowest BCUT2D eigenvalue weighted by molar-refractivity contribution is -0.142. The quantitative estimate of drug-likeness (QED) is 0.607. The molecule has 0 fully saturated rings. The molecule has 0 bridgehead atoms. The highest BCUT2D eigenvalue weighted by molar-refractivity contribution is 5.67. The molecular formula is C11H23NO3. The van der Waals surface area contributed by atoms with Gasteiger partial charge in [-0.15, -0.1) is 0 Å². The standard InChI is InChI=1S/C11H23NO3/c1-11(2,3)12-7-5-4-6-8-15-9-10(13)14/h12H,4-9H2,1-3H3,(H,13,14). The van der Waals surface area contributed by atoms with Gasteiger partial charge < -0.3 is 15.2 Å². The van der Waals surface area contributed by atoms with Crippen LogP contribution in [0.3, 0.4) is 0 Å². The number of nitrogens with one attached hydrogen (secondary N) is 1. The Bertz CT molecular complexity index is 175. The molecule has 0 rings (SSSR count). The second-order valence-electron chi connectivity index (χ2n) is 4.68. The average molecular weight is 217 g/mol. The van der Waals surface area contributed by atoms with Crippen LogP contribution in [-0.4, -0.2) is 36.4 Å². The molecule has 2 N–H and O–H groups in total. The topological polar surface area (TPSA) is 58.6 Å². The third-order valence-electron chi connectivity index (χ3n) is 1.85. The highest BCUT2D eigenvalue weighted by Gasteiger charge is 2.06. The van der Waals surface area contributed by atoms with Gasteiger partial charge >= 0.3 is 5.97 Å². The summed E-state index contributed by atoms with van der Waals surface area (Å²) >= 11 is 0. The minimum Gasteiger partial charge on any atom is -0.480 e. The second kappa shape index (κ2) is 7.65. The first-order valence-corrected chi connectivity index (χ1v) is 5.46. The summed E-state index contributed by atoms with van der Waals surface area (Å²) in [7, 11) is 0. The number of carbonyl (C=O) groups is 1. The van der Waals surface area contributed by atoms with Crippen molar-refractivity contribution in [2.75, 3.05) is 19.8 Å². The average Bonchev–Trinajstić information content (AvgIpc) is 2.07. The molecule has 4 heteroatoms. The molecule has 0 amide bonds. The van der Waals surface area contributed by atoms with Crippen molar-refractivity contribution in [1.29, 1.82) is 0 Å². The lowest BCUT2D eigenvalue weighted by Crippen LogP contribution is -2.36. The molecule has 0 aromatic heterocycles. The van der Waals surface area contributed by atoms with E-state index in [0.29, 0.717) is 6.61 Å². The number of hydrogen-bond acceptors (Lipinski definition) is 3. The summed E-state index contributed by atoms with van der Waals surface area (Å²) in [5.74, 6) is -0.899. The number of hydrogen-bond donors (Lipinski definition) is 2. The predicted molar refractivity (Wildman–Crippen MR) is 60.1 cm³/mol. The monoisotopic (exact) mass is 217 g/mol. The van der Waals surface area contributed by atoms with E-state index >= 15 is 0 Å². The van der Waals surface area contributed by atoms with E-state index in [-0.39, 0.29) is 12.1 Å². The maximum absolute atomic E-state index is 10.1. The van der Waals surface area contributed by atoms with Crippen molar-refractivity contribution in [3.8, 4) is 0 Å². The molecule has 4 nitrogen and oxygen atoms in total. The number of unbranched alkanes of at least 4 members (excludes halogenated alkanes) is 2. The highest BCUT2D eigenvalue weighted by Crippen LogP contribution is 2.00. The Morgan fingerprint density at radius 2 is 1.93 bits per heavy atom. The molecule has 0 saturated carbocycles. The highest BCUT2D eigenvalue weighted by atomic mass is 16.5. The Morgan fingerprint density at radius 1 is 1.27 bits per heavy atom. The van der Waals surface area contributed by atoms with Crippen molar-refractivity contribution >= 4 is 5.97 Å². The molecule has 0 aromatic rings. The summed E-state index contributed by atoms with van der Waals surface area (Å²) in [6.45, 7) is 7.79. The smallest absolute Gasteiger partial charge is 0.329 e. The van der Waals surface area contributed by atoms with Crippen molar-refractivity contribution in [3.63, 3.8) is 0 Å². The van der Waals surface area contributed by atoms with Gasteiger partial charge in [0.15, 0.2) is 0 Å². The summed E-state index contributed by atoms with van der Waals surface area (Å²) in [5, 5.41) is 11.7. The number of aliphatic carboxylic acids is 1. The molecule has 0 radical (unpaired) electrons. The van der Waals surface area contributed by atoms with Crippen molar-refractivity contribution in [2.24, 2.45) is 0 Å². The number of ether oxygens (including phenoxy) is 1. The van der Waals surface area contributed by atoms with Gasteiger partial charge in [-0.1, -0.05) is 0 Å². The van der Waals surface area contributed by atoms with E-state index in [0.717, 1.165) is 25.8 Å². The van der Waals surface area contributed by atoms with Crippen LogP contribution in [0.2, 0.25) is 0 Å². The first kappa shape index (κ1) is 14.4. The fraction of sp³-hybridized carbons (Fsp3) is 0.909. The van der Waals surface area contributed by atoms with Crippen LogP contribution in [-0.2, 0) is 9.53 Å². The molecule has 15 heavy (non-hydrogen) atoms. The van der Waals surface area contributed by atoms with Crippen LogP contribution < -0.4 is 5.32 Å². The second-order valence-corrected chi connectivity index (χ2v) is 4.68. The van der Waals surface area contributed by atoms with Crippen LogP contribution in [0.15, 0.2) is 0 Å². The molecule has 0 atom stereocenters. The zero-order valence-electron chi connectivity index (χ0n) is 10.0. The van der Waals surface area contributed by atoms with E-state index in [1.807, 2.05) is 0 Å². The van der Waals surface area contributed by atoms with Crippen LogP contribution in [0.5, 0.6) is 0 Å². The van der Waals surface area contributed by atoms with E-state index in [1.54, 1.807) is 0 Å². The summed E-state index contributed by atoms with van der Waals surface area (Å²) in [6, 6.07) is 0. The summed E-state index contributed by atoms with van der Waals surface area (Å²) in [4.78, 5) is 10.1. The van der Waals surface area contributed by atoms with Gasteiger partial charge in [0.25, 0.3) is 0 Å². The van der Waals surface area contributed by atoms with Crippen molar-refractivity contribution in [3.05, 3.63) is 0 Å². The SMILES string of the molecule is CC(C)(C)NCCCCCOCC(=O)O. The number of rotatable bonds is 8. The first-order valence-electron chi connectivity index (χ1n) is 5.46. The molecule has 0 aromatic carbocycles. The van der Waals surface area contributed by atoms with Gasteiger partial charge in [0.1, 0.15) is 6.61 Å². The van der Waals surface area contributed by atoms with E-state index in [1.165, 1.54) is 0 Å². The molecule has 0 aliphatic heterocycles. The van der Waals surface area contributed by atoms with Crippen LogP contribution in [0.1, 0.15) is 40.0 Å². The fourth-order valence-corrected chi connectivity index (χ4v) is 1.13. The molecular weight excluding hydrogens is 194 g/mol. The van der Waals surface area contributed by atoms with Gasteiger partial charge in [0.2, 0.25) is 0 Å². The summed E-state index contributed by atoms with van der Waals surface area (Å²) in [6.07, 6.45) is 3.11. The lowest BCUT2D eigenvalue weighted by Gasteiger charge is -2.20. The third kappa shape index (κ3) is 13.4. The minimum atomic E-state index is -0.899. The van der Waals surface area contributed by atoms with Gasteiger partial charge in [0.05, 0.1) is 0 Å². The van der Waals surface area contributed by atoms with Gasteiger partial charge in [-0.05, 0) is 46.6 Å². The van der Waals surface area contributed by atoms with Crippen molar-refractivity contribution in [2.45, 2.75) is 45.6 Å². The third-order valence-corrected chi connectivity index (χ3v) is 1.85. The van der Waals surface area contributed by atoms with E-state index in [4.69, 9.17) is 9.84 Å². The Hall–Kier alpha value is -0.610. The zero-order valence-corrected chi connectivity index (χ0v) is 10.0. The zero-order chi connectivity index (χ0) is 11.7. The van der Waals surface area contributed by atoms with Crippen molar-refractivity contribution < 1.29 is 14.6 Å².